The largest absolute Gasteiger partial charge is 0.442 e. The molecule has 5 amide bonds. The molecule has 0 saturated heterocycles. The quantitative estimate of drug-likeness (QED) is 0.0447. The number of hydroxylamine groups is 6. The summed E-state index contributed by atoms with van der Waals surface area (Å²) in [6.45, 7) is 9.68. The minimum atomic E-state index is -0.669. The third-order valence-corrected chi connectivity index (χ3v) is 9.94. The van der Waals surface area contributed by atoms with Gasteiger partial charge in [-0.3, -0.25) is 33.7 Å². The molecule has 0 heterocycles. The molecule has 0 aliphatic rings. The lowest BCUT2D eigenvalue weighted by molar-refractivity contribution is -0.195. The Morgan fingerprint density at radius 1 is 0.471 bits per heavy atom. The Balaban J connectivity index is 1.35. The van der Waals surface area contributed by atoms with Gasteiger partial charge in [0.1, 0.15) is 25.4 Å². The Hall–Kier alpha value is -5.43. The minimum absolute atomic E-state index is 0.000995. The minimum Gasteiger partial charge on any atom is -0.442 e. The second-order valence-corrected chi connectivity index (χ2v) is 16.9. The molecule has 0 aliphatic carbocycles. The number of amides is 5. The number of nitrogens with zero attached hydrogens (tertiary/aromatic N) is 3. The van der Waals surface area contributed by atoms with E-state index in [0.717, 1.165) is 23.1 Å². The van der Waals surface area contributed by atoms with Gasteiger partial charge in [0.05, 0.1) is 46.1 Å². The lowest BCUT2D eigenvalue weighted by Gasteiger charge is -2.26. The van der Waals surface area contributed by atoms with Crippen LogP contribution in [0.15, 0.2) is 91.0 Å². The lowest BCUT2D eigenvalue weighted by atomic mass is 10.2. The van der Waals surface area contributed by atoms with E-state index in [-0.39, 0.29) is 82.3 Å². The van der Waals surface area contributed by atoms with Crippen molar-refractivity contribution in [3.8, 4) is 0 Å². The molecular weight excluding hydrogens is 875 g/mol. The average molecular weight is 950 g/mol. The van der Waals surface area contributed by atoms with E-state index in [0.29, 0.717) is 84.7 Å². The molecule has 3 aromatic rings. The van der Waals surface area contributed by atoms with Gasteiger partial charge in [-0.25, -0.2) is 14.9 Å². The first kappa shape index (κ1) is 56.9. The summed E-state index contributed by atoms with van der Waals surface area (Å²) in [6, 6.07) is 28.6. The van der Waals surface area contributed by atoms with Crippen molar-refractivity contribution in [2.24, 2.45) is 0 Å². The zero-order valence-electron chi connectivity index (χ0n) is 40.7. The van der Waals surface area contributed by atoms with Crippen LogP contribution >= 0.6 is 0 Å². The van der Waals surface area contributed by atoms with Gasteiger partial charge in [0.25, 0.3) is 0 Å². The lowest BCUT2D eigenvalue weighted by Crippen LogP contribution is -2.37. The highest BCUT2D eigenvalue weighted by molar-refractivity contribution is 5.84. The highest BCUT2D eigenvalue weighted by atomic mass is 16.7. The number of carbonyl (C=O) groups is 5. The van der Waals surface area contributed by atoms with Crippen molar-refractivity contribution in [3.05, 3.63) is 108 Å². The molecule has 0 atom stereocenters. The second kappa shape index (κ2) is 34.8. The summed E-state index contributed by atoms with van der Waals surface area (Å²) < 4.78 is 21.5. The number of nitrogens with one attached hydrogen (secondary N) is 2. The molecule has 17 nitrogen and oxygen atoms in total. The molecule has 0 saturated carbocycles. The van der Waals surface area contributed by atoms with Crippen LogP contribution in [0, 0.1) is 0 Å². The second-order valence-electron chi connectivity index (χ2n) is 16.9. The van der Waals surface area contributed by atoms with Gasteiger partial charge in [-0.15, -0.1) is 0 Å². The van der Waals surface area contributed by atoms with Gasteiger partial charge in [-0.1, -0.05) is 91.0 Å². The van der Waals surface area contributed by atoms with Crippen molar-refractivity contribution in [2.45, 2.75) is 110 Å². The summed E-state index contributed by atoms with van der Waals surface area (Å²) in [6.07, 6.45) is 3.41. The SMILES string of the molecule is COCCOCCOCCN(OCc1ccccc1)C(=O)CCC(=O)NCCCCCN(OCc1ccccc1)C(=O)CCC(=O)NCCCCCN(OCc1ccccc1)C(=O)OC(C)(C)C. The molecule has 0 aromatic heterocycles. The summed E-state index contributed by atoms with van der Waals surface area (Å²) in [4.78, 5) is 82.2. The molecule has 2 N–H and O–H groups in total. The van der Waals surface area contributed by atoms with Crippen molar-refractivity contribution in [1.82, 2.24) is 25.8 Å². The summed E-state index contributed by atoms with van der Waals surface area (Å²) in [5.74, 6) is -1.11. The molecule has 3 aromatic carbocycles. The molecule has 0 spiro atoms. The third kappa shape index (κ3) is 27.4. The molecule has 17 heteroatoms. The van der Waals surface area contributed by atoms with E-state index in [9.17, 15) is 24.0 Å². The zero-order chi connectivity index (χ0) is 49.1. The van der Waals surface area contributed by atoms with Gasteiger partial charge < -0.3 is 29.6 Å². The van der Waals surface area contributed by atoms with Gasteiger partial charge in [0, 0.05) is 52.4 Å². The highest BCUT2D eigenvalue weighted by Gasteiger charge is 2.23. The number of methoxy groups -OCH3 is 1. The maximum atomic E-state index is 13.3. The molecule has 376 valence electrons. The van der Waals surface area contributed by atoms with Gasteiger partial charge in [0.2, 0.25) is 23.6 Å². The van der Waals surface area contributed by atoms with E-state index in [4.69, 9.17) is 33.5 Å². The summed E-state index contributed by atoms with van der Waals surface area (Å²) in [7, 11) is 1.61. The predicted octanol–water partition coefficient (Wildman–Crippen LogP) is 7.09. The summed E-state index contributed by atoms with van der Waals surface area (Å²) >= 11 is 0. The van der Waals surface area contributed by atoms with Gasteiger partial charge in [0.15, 0.2) is 0 Å². The Morgan fingerprint density at radius 2 is 0.868 bits per heavy atom. The molecule has 0 fully saturated rings. The van der Waals surface area contributed by atoms with Crippen molar-refractivity contribution >= 4 is 29.7 Å². The first-order valence-corrected chi connectivity index (χ1v) is 23.7. The normalized spacial score (nSPS) is 11.2. The van der Waals surface area contributed by atoms with Crippen LogP contribution in [0.4, 0.5) is 4.79 Å². The monoisotopic (exact) mass is 950 g/mol. The fraction of sp³-hybridized carbons (Fsp3) is 0.549. The van der Waals surface area contributed by atoms with Crippen molar-refractivity contribution < 1.29 is 57.4 Å². The molecule has 0 radical (unpaired) electrons. The smallest absolute Gasteiger partial charge is 0.434 e. The maximum Gasteiger partial charge on any atom is 0.434 e. The first-order valence-electron chi connectivity index (χ1n) is 23.7. The molecular formula is C51H75N5O12. The van der Waals surface area contributed by atoms with Crippen LogP contribution in [0.2, 0.25) is 0 Å². The average Bonchev–Trinajstić information content (AvgIpc) is 3.33. The summed E-state index contributed by atoms with van der Waals surface area (Å²) in [5, 5.41) is 9.60. The van der Waals surface area contributed by atoms with Crippen LogP contribution in [0.5, 0.6) is 0 Å². The van der Waals surface area contributed by atoms with Crippen LogP contribution in [0.1, 0.15) is 102 Å². The molecule has 0 aliphatic heterocycles. The van der Waals surface area contributed by atoms with E-state index in [1.54, 1.807) is 27.9 Å². The zero-order valence-corrected chi connectivity index (χ0v) is 40.7. The van der Waals surface area contributed by atoms with E-state index in [1.807, 2.05) is 91.0 Å². The number of rotatable bonds is 36. The number of ether oxygens (including phenoxy) is 4. The highest BCUT2D eigenvalue weighted by Crippen LogP contribution is 2.14. The van der Waals surface area contributed by atoms with E-state index in [1.165, 1.54) is 15.2 Å². The van der Waals surface area contributed by atoms with E-state index < -0.39 is 11.7 Å². The third-order valence-electron chi connectivity index (χ3n) is 9.94. The van der Waals surface area contributed by atoms with Crippen molar-refractivity contribution in [3.63, 3.8) is 0 Å². The molecule has 3 rings (SSSR count). The van der Waals surface area contributed by atoms with Gasteiger partial charge in [-0.05, 0) is 76.0 Å². The molecule has 0 bridgehead atoms. The number of carbonyl (C=O) groups excluding carboxylic acids is 5. The van der Waals surface area contributed by atoms with Crippen molar-refractivity contribution in [1.29, 1.82) is 0 Å². The van der Waals surface area contributed by atoms with Gasteiger partial charge >= 0.3 is 6.09 Å². The Labute approximate surface area is 402 Å². The topological polar surface area (TPSA) is 184 Å². The molecule has 0 unspecified atom stereocenters. The summed E-state index contributed by atoms with van der Waals surface area (Å²) in [5.41, 5.74) is 2.07. The fourth-order valence-corrected chi connectivity index (χ4v) is 6.27. The fourth-order valence-electron chi connectivity index (χ4n) is 6.27. The number of hydrogen-bond donors (Lipinski definition) is 2. The Bertz CT molecular complexity index is 1840. The Kier molecular flexibility index (Phi) is 29.1. The number of hydrogen-bond acceptors (Lipinski definition) is 12. The van der Waals surface area contributed by atoms with Crippen LogP contribution < -0.4 is 10.6 Å². The van der Waals surface area contributed by atoms with E-state index in [2.05, 4.69) is 10.6 Å². The van der Waals surface area contributed by atoms with Crippen LogP contribution in [0.3, 0.4) is 0 Å². The van der Waals surface area contributed by atoms with Crippen LogP contribution in [0.25, 0.3) is 0 Å². The number of unbranched alkanes of at least 4 members (excludes halogenated alkanes) is 4. The number of benzene rings is 3. The van der Waals surface area contributed by atoms with Crippen LogP contribution in [-0.2, 0) is 72.5 Å². The standard InChI is InChI=1S/C51H75N5O12/c1-51(2,3)68-50(61)56(67-42-45-24-14-7-15-25-45)33-19-9-17-31-53-46(57)26-28-48(59)54(65-40-43-20-10-5-11-21-43)32-18-8-16-30-52-47(58)27-29-49(60)55(66-41-44-22-12-6-13-23-44)34-35-63-38-39-64-37-36-62-4/h5-7,10-15,20-25H,8-9,16-19,26-42H2,1-4H3,(H,52,58)(H,53,57). The first-order chi connectivity index (χ1) is 32.9. The maximum absolute atomic E-state index is 13.3. The Morgan fingerprint density at radius 3 is 1.31 bits per heavy atom. The van der Waals surface area contributed by atoms with Gasteiger partial charge in [-0.2, -0.15) is 5.06 Å². The predicted molar refractivity (Wildman–Crippen MR) is 256 cm³/mol. The van der Waals surface area contributed by atoms with Crippen LogP contribution in [-0.4, -0.2) is 123 Å². The van der Waals surface area contributed by atoms with Crippen molar-refractivity contribution in [2.75, 3.05) is 72.9 Å². The molecule has 68 heavy (non-hydrogen) atoms. The van der Waals surface area contributed by atoms with E-state index >= 15 is 0 Å².